The molecule has 0 aliphatic carbocycles. The number of aromatic amines is 1. The summed E-state index contributed by atoms with van der Waals surface area (Å²) in [4.78, 5) is 25.3. The number of aromatic nitrogens is 3. The zero-order valence-electron chi connectivity index (χ0n) is 11.9. The number of H-pyrrole nitrogens is 1. The number of amides is 1. The molecule has 0 bridgehead atoms. The number of carbonyl (C=O) groups excluding carboxylic acids is 1. The lowest BCUT2D eigenvalue weighted by Gasteiger charge is -2.07. The minimum absolute atomic E-state index is 0.0603. The van der Waals surface area contributed by atoms with Crippen LogP contribution in [0.3, 0.4) is 0 Å². The number of nitrogens with one attached hydrogen (secondary N) is 2. The smallest absolute Gasteiger partial charge is 0.305 e. The number of pyridine rings is 1. The molecule has 12 heteroatoms. The van der Waals surface area contributed by atoms with E-state index in [-0.39, 0.29) is 23.6 Å². The van der Waals surface area contributed by atoms with Gasteiger partial charge in [-0.1, -0.05) is 18.5 Å². The molecule has 2 N–H and O–H groups in total. The van der Waals surface area contributed by atoms with Crippen molar-refractivity contribution >= 4 is 29.0 Å². The second kappa shape index (κ2) is 6.43. The van der Waals surface area contributed by atoms with E-state index in [0.717, 1.165) is 0 Å². The van der Waals surface area contributed by atoms with E-state index in [1.165, 1.54) is 6.92 Å². The standard InChI is InChI=1S/C12H9ClF3N5O3/c1-2-7(22)18-11-10(21(23)24)9(19-20-11)8-6(13)3-5(4-17-8)12(14,15)16/h3-4H,2H2,1H3,(H2,18,19,20,22). The average Bonchev–Trinajstić information content (AvgIpc) is 2.89. The molecule has 0 fully saturated rings. The first kappa shape index (κ1) is 17.7. The van der Waals surface area contributed by atoms with Gasteiger partial charge in [0.05, 0.1) is 15.5 Å². The summed E-state index contributed by atoms with van der Waals surface area (Å²) in [5.41, 5.74) is -2.45. The van der Waals surface area contributed by atoms with E-state index in [1.54, 1.807) is 0 Å². The first-order valence-electron chi connectivity index (χ1n) is 6.40. The summed E-state index contributed by atoms with van der Waals surface area (Å²) in [6.07, 6.45) is -4.11. The SMILES string of the molecule is CCC(=O)Nc1[nH]nc(-c2ncc(C(F)(F)F)cc2Cl)c1[N+](=O)[O-]. The zero-order chi connectivity index (χ0) is 18.1. The minimum atomic E-state index is -4.66. The van der Waals surface area contributed by atoms with Crippen LogP contribution in [0.1, 0.15) is 18.9 Å². The van der Waals surface area contributed by atoms with Crippen LogP contribution in [0.4, 0.5) is 24.7 Å². The number of hydrogen-bond donors (Lipinski definition) is 2. The van der Waals surface area contributed by atoms with Crippen molar-refractivity contribution in [2.45, 2.75) is 19.5 Å². The summed E-state index contributed by atoms with van der Waals surface area (Å²) >= 11 is 5.76. The van der Waals surface area contributed by atoms with Gasteiger partial charge in [-0.2, -0.15) is 18.3 Å². The number of alkyl halides is 3. The molecule has 0 spiro atoms. The van der Waals surface area contributed by atoms with E-state index in [0.29, 0.717) is 12.3 Å². The normalized spacial score (nSPS) is 11.4. The molecule has 0 atom stereocenters. The molecular weight excluding hydrogens is 355 g/mol. The number of nitro groups is 1. The van der Waals surface area contributed by atoms with Crippen molar-refractivity contribution in [2.75, 3.05) is 5.32 Å². The Bertz CT molecular complexity index is 806. The zero-order valence-corrected chi connectivity index (χ0v) is 12.7. The Morgan fingerprint density at radius 3 is 2.62 bits per heavy atom. The summed E-state index contributed by atoms with van der Waals surface area (Å²) in [6.45, 7) is 1.53. The van der Waals surface area contributed by atoms with Gasteiger partial charge >= 0.3 is 11.9 Å². The molecule has 2 heterocycles. The molecule has 0 saturated heterocycles. The van der Waals surface area contributed by atoms with Crippen molar-refractivity contribution in [3.8, 4) is 11.4 Å². The maximum absolute atomic E-state index is 12.6. The van der Waals surface area contributed by atoms with Gasteiger partial charge in [0.1, 0.15) is 5.69 Å². The Kier molecular flexibility index (Phi) is 4.73. The van der Waals surface area contributed by atoms with Crippen LogP contribution in [-0.4, -0.2) is 26.0 Å². The van der Waals surface area contributed by atoms with Crippen LogP contribution in [0.2, 0.25) is 5.02 Å². The average molecular weight is 364 g/mol. The van der Waals surface area contributed by atoms with Gasteiger partial charge in [0.15, 0.2) is 5.69 Å². The van der Waals surface area contributed by atoms with Crippen molar-refractivity contribution < 1.29 is 22.9 Å². The molecule has 0 aliphatic rings. The molecule has 2 aromatic heterocycles. The highest BCUT2D eigenvalue weighted by Gasteiger charge is 2.34. The van der Waals surface area contributed by atoms with Crippen molar-refractivity contribution in [3.63, 3.8) is 0 Å². The van der Waals surface area contributed by atoms with Crippen LogP contribution in [0.15, 0.2) is 12.3 Å². The molecule has 0 unspecified atom stereocenters. The molecule has 0 aromatic carbocycles. The van der Waals surface area contributed by atoms with Gasteiger partial charge < -0.3 is 5.32 Å². The number of halogens is 4. The van der Waals surface area contributed by atoms with Gasteiger partial charge in [-0.3, -0.25) is 25.0 Å². The Morgan fingerprint density at radius 2 is 2.12 bits per heavy atom. The van der Waals surface area contributed by atoms with E-state index in [4.69, 9.17) is 11.6 Å². The lowest BCUT2D eigenvalue weighted by atomic mass is 10.2. The van der Waals surface area contributed by atoms with Crippen molar-refractivity contribution in [1.82, 2.24) is 15.2 Å². The summed E-state index contributed by atoms with van der Waals surface area (Å²) in [7, 11) is 0. The van der Waals surface area contributed by atoms with Crippen LogP contribution in [-0.2, 0) is 11.0 Å². The Labute approximate surface area is 137 Å². The summed E-state index contributed by atoms with van der Waals surface area (Å²) < 4.78 is 37.9. The van der Waals surface area contributed by atoms with Gasteiger partial charge in [0, 0.05) is 12.6 Å². The Hall–Kier alpha value is -2.69. The monoisotopic (exact) mass is 363 g/mol. The van der Waals surface area contributed by atoms with Gasteiger partial charge in [0.25, 0.3) is 0 Å². The van der Waals surface area contributed by atoms with Gasteiger partial charge in [0.2, 0.25) is 11.7 Å². The van der Waals surface area contributed by atoms with Crippen LogP contribution in [0.25, 0.3) is 11.4 Å². The molecular formula is C12H9ClF3N5O3. The number of anilines is 1. The van der Waals surface area contributed by atoms with Crippen LogP contribution in [0.5, 0.6) is 0 Å². The summed E-state index contributed by atoms with van der Waals surface area (Å²) in [5.74, 6) is -0.820. The molecule has 1 amide bonds. The van der Waals surface area contributed by atoms with E-state index in [1.807, 2.05) is 0 Å². The maximum Gasteiger partial charge on any atom is 0.417 e. The van der Waals surface area contributed by atoms with E-state index < -0.39 is 33.3 Å². The van der Waals surface area contributed by atoms with Gasteiger partial charge in [-0.05, 0) is 6.07 Å². The van der Waals surface area contributed by atoms with Crippen LogP contribution >= 0.6 is 11.6 Å². The third-order valence-corrected chi connectivity index (χ3v) is 3.19. The fourth-order valence-corrected chi connectivity index (χ4v) is 2.02. The lowest BCUT2D eigenvalue weighted by Crippen LogP contribution is -2.11. The Morgan fingerprint density at radius 1 is 1.46 bits per heavy atom. The number of hydrogen-bond acceptors (Lipinski definition) is 5. The highest BCUT2D eigenvalue weighted by Crippen LogP contribution is 2.38. The van der Waals surface area contributed by atoms with Gasteiger partial charge in [-0.25, -0.2) is 0 Å². The third kappa shape index (κ3) is 3.45. The van der Waals surface area contributed by atoms with E-state index in [2.05, 4.69) is 20.5 Å². The fraction of sp³-hybridized carbons (Fsp3) is 0.250. The topological polar surface area (TPSA) is 114 Å². The predicted molar refractivity (Wildman–Crippen MR) is 77.4 cm³/mol. The molecule has 2 aromatic rings. The van der Waals surface area contributed by atoms with Crippen LogP contribution < -0.4 is 5.32 Å². The molecule has 24 heavy (non-hydrogen) atoms. The number of rotatable bonds is 4. The second-order valence-electron chi connectivity index (χ2n) is 4.51. The molecule has 128 valence electrons. The predicted octanol–water partition coefficient (Wildman–Crippen LogP) is 3.40. The summed E-state index contributed by atoms with van der Waals surface area (Å²) in [6, 6.07) is 0.590. The van der Waals surface area contributed by atoms with Crippen molar-refractivity contribution in [1.29, 1.82) is 0 Å². The first-order valence-corrected chi connectivity index (χ1v) is 6.78. The summed E-state index contributed by atoms with van der Waals surface area (Å²) in [5, 5.41) is 18.9. The highest BCUT2D eigenvalue weighted by molar-refractivity contribution is 6.33. The quantitative estimate of drug-likeness (QED) is 0.638. The molecule has 0 radical (unpaired) electrons. The molecule has 0 aliphatic heterocycles. The molecule has 8 nitrogen and oxygen atoms in total. The van der Waals surface area contributed by atoms with Crippen LogP contribution in [0, 0.1) is 10.1 Å². The van der Waals surface area contributed by atoms with E-state index >= 15 is 0 Å². The maximum atomic E-state index is 12.6. The Balaban J connectivity index is 2.53. The fourth-order valence-electron chi connectivity index (χ4n) is 1.76. The largest absolute Gasteiger partial charge is 0.417 e. The van der Waals surface area contributed by atoms with E-state index in [9.17, 15) is 28.1 Å². The van der Waals surface area contributed by atoms with Crippen molar-refractivity contribution in [2.24, 2.45) is 0 Å². The molecule has 2 rings (SSSR count). The number of carbonyl (C=O) groups is 1. The number of nitrogens with zero attached hydrogens (tertiary/aromatic N) is 3. The second-order valence-corrected chi connectivity index (χ2v) is 4.91. The third-order valence-electron chi connectivity index (χ3n) is 2.90. The van der Waals surface area contributed by atoms with Crippen molar-refractivity contribution in [3.05, 3.63) is 33.0 Å². The minimum Gasteiger partial charge on any atom is -0.305 e. The van der Waals surface area contributed by atoms with Gasteiger partial charge in [-0.15, -0.1) is 0 Å². The first-order chi connectivity index (χ1) is 11.1. The highest BCUT2D eigenvalue weighted by atomic mass is 35.5. The molecule has 0 saturated carbocycles. The lowest BCUT2D eigenvalue weighted by molar-refractivity contribution is -0.383.